The molecule has 0 bridgehead atoms. The molecule has 2 heterocycles. The number of ether oxygens (including phenoxy) is 2. The van der Waals surface area contributed by atoms with Gasteiger partial charge in [-0.3, -0.25) is 9.36 Å². The van der Waals surface area contributed by atoms with Crippen LogP contribution >= 0.6 is 11.8 Å². The highest BCUT2D eigenvalue weighted by Gasteiger charge is 2.23. The lowest BCUT2D eigenvalue weighted by molar-refractivity contribution is -0.115. The molecule has 1 fully saturated rings. The van der Waals surface area contributed by atoms with Gasteiger partial charge in [-0.15, -0.1) is 5.10 Å². The SMILES string of the molecule is C[C@H](Sc1n[nH]c(=O)n1C[C@@H]1CCCO1)C(=O)Nc1ccccc1OC(F)F. The predicted octanol–water partition coefficient (Wildman–Crippen LogP) is 2.47. The van der Waals surface area contributed by atoms with Crippen LogP contribution in [0.15, 0.2) is 34.2 Å². The zero-order valence-corrected chi connectivity index (χ0v) is 15.9. The van der Waals surface area contributed by atoms with Gasteiger partial charge < -0.3 is 14.8 Å². The van der Waals surface area contributed by atoms with Crippen LogP contribution in [0.1, 0.15) is 19.8 Å². The summed E-state index contributed by atoms with van der Waals surface area (Å²) in [6, 6.07) is 5.93. The first-order valence-electron chi connectivity index (χ1n) is 8.72. The second kappa shape index (κ2) is 9.20. The summed E-state index contributed by atoms with van der Waals surface area (Å²) in [4.78, 5) is 24.5. The summed E-state index contributed by atoms with van der Waals surface area (Å²) < 4.78 is 36.4. The van der Waals surface area contributed by atoms with Crippen LogP contribution in [0.3, 0.4) is 0 Å². The molecular weight excluding hydrogens is 394 g/mol. The lowest BCUT2D eigenvalue weighted by Crippen LogP contribution is -2.27. The van der Waals surface area contributed by atoms with E-state index in [1.165, 1.54) is 22.8 Å². The molecule has 28 heavy (non-hydrogen) atoms. The molecule has 0 unspecified atom stereocenters. The van der Waals surface area contributed by atoms with Crippen LogP contribution < -0.4 is 15.7 Å². The fourth-order valence-corrected chi connectivity index (χ4v) is 3.63. The monoisotopic (exact) mass is 414 g/mol. The molecular formula is C17H20F2N4O4S. The maximum Gasteiger partial charge on any atom is 0.387 e. The van der Waals surface area contributed by atoms with Crippen LogP contribution in [0.2, 0.25) is 0 Å². The molecule has 152 valence electrons. The van der Waals surface area contributed by atoms with Crippen molar-refractivity contribution in [1.82, 2.24) is 14.8 Å². The molecule has 2 atom stereocenters. The van der Waals surface area contributed by atoms with Crippen molar-refractivity contribution in [2.75, 3.05) is 11.9 Å². The Morgan fingerprint density at radius 1 is 1.50 bits per heavy atom. The molecule has 1 saturated heterocycles. The highest BCUT2D eigenvalue weighted by molar-refractivity contribution is 8.00. The zero-order valence-electron chi connectivity index (χ0n) is 15.1. The number of H-pyrrole nitrogens is 1. The number of amides is 1. The number of aromatic amines is 1. The third kappa shape index (κ3) is 5.10. The van der Waals surface area contributed by atoms with E-state index < -0.39 is 17.8 Å². The first-order chi connectivity index (χ1) is 13.4. The van der Waals surface area contributed by atoms with E-state index in [9.17, 15) is 18.4 Å². The maximum atomic E-state index is 12.5. The normalized spacial score (nSPS) is 17.6. The zero-order chi connectivity index (χ0) is 20.1. The number of carbonyl (C=O) groups is 1. The largest absolute Gasteiger partial charge is 0.433 e. The Balaban J connectivity index is 1.66. The minimum atomic E-state index is -3.00. The highest BCUT2D eigenvalue weighted by atomic mass is 32.2. The van der Waals surface area contributed by atoms with E-state index in [1.807, 2.05) is 0 Å². The third-order valence-electron chi connectivity index (χ3n) is 4.15. The molecule has 0 saturated carbocycles. The Morgan fingerprint density at radius 2 is 2.29 bits per heavy atom. The van der Waals surface area contributed by atoms with E-state index in [2.05, 4.69) is 20.3 Å². The smallest absolute Gasteiger partial charge is 0.387 e. The van der Waals surface area contributed by atoms with Gasteiger partial charge in [0, 0.05) is 6.61 Å². The molecule has 1 aromatic heterocycles. The quantitative estimate of drug-likeness (QED) is 0.644. The molecule has 0 spiro atoms. The van der Waals surface area contributed by atoms with Gasteiger partial charge in [-0.2, -0.15) is 8.78 Å². The summed E-state index contributed by atoms with van der Waals surface area (Å²) in [5, 5.41) is 8.64. The number of hydrogen-bond acceptors (Lipinski definition) is 6. The number of carbonyl (C=O) groups excluding carboxylic acids is 1. The molecule has 3 rings (SSSR count). The Labute approximate surface area is 163 Å². The molecule has 1 amide bonds. The highest BCUT2D eigenvalue weighted by Crippen LogP contribution is 2.28. The number of benzene rings is 1. The van der Waals surface area contributed by atoms with Crippen molar-refractivity contribution < 1.29 is 23.0 Å². The molecule has 1 aliphatic rings. The molecule has 0 aliphatic carbocycles. The van der Waals surface area contributed by atoms with Crippen LogP contribution in [0.5, 0.6) is 5.75 Å². The minimum absolute atomic E-state index is 0.0582. The summed E-state index contributed by atoms with van der Waals surface area (Å²) in [6.45, 7) is -0.344. The van der Waals surface area contributed by atoms with Crippen LogP contribution in [0, 0.1) is 0 Å². The average Bonchev–Trinajstić information content (AvgIpc) is 3.28. The molecule has 1 aliphatic heterocycles. The lowest BCUT2D eigenvalue weighted by atomic mass is 10.2. The maximum absolute atomic E-state index is 12.5. The van der Waals surface area contributed by atoms with Crippen molar-refractivity contribution in [2.45, 2.75) is 49.4 Å². The van der Waals surface area contributed by atoms with Gasteiger partial charge in [0.2, 0.25) is 5.91 Å². The summed E-state index contributed by atoms with van der Waals surface area (Å²) in [5.74, 6) is -0.562. The minimum Gasteiger partial charge on any atom is -0.433 e. The Bertz CT molecular complexity index is 867. The van der Waals surface area contributed by atoms with Crippen LogP contribution in [-0.4, -0.2) is 45.2 Å². The molecule has 2 N–H and O–H groups in total. The molecule has 0 radical (unpaired) electrons. The standard InChI is InChI=1S/C17H20F2N4O4S/c1-10(14(24)20-12-6-2-3-7-13(12)27-15(18)19)28-17-22-21-16(25)23(17)9-11-5-4-8-26-11/h2-3,6-7,10-11,15H,4-5,8-9H2,1H3,(H,20,24)(H,21,25)/t10-,11-/m0/s1. The number of anilines is 1. The third-order valence-corrected chi connectivity index (χ3v) is 5.24. The topological polar surface area (TPSA) is 98.2 Å². The second-order valence-electron chi connectivity index (χ2n) is 6.18. The van der Waals surface area contributed by atoms with E-state index in [0.29, 0.717) is 18.3 Å². The van der Waals surface area contributed by atoms with E-state index in [4.69, 9.17) is 4.74 Å². The van der Waals surface area contributed by atoms with Gasteiger partial charge in [-0.25, -0.2) is 9.89 Å². The van der Waals surface area contributed by atoms with E-state index in [1.54, 1.807) is 13.0 Å². The number of aromatic nitrogens is 3. The van der Waals surface area contributed by atoms with Crippen molar-refractivity contribution in [2.24, 2.45) is 0 Å². The molecule has 2 aromatic rings. The Kier molecular flexibility index (Phi) is 6.68. The lowest BCUT2D eigenvalue weighted by Gasteiger charge is -2.15. The average molecular weight is 414 g/mol. The number of para-hydroxylation sites is 2. The van der Waals surface area contributed by atoms with E-state index in [-0.39, 0.29) is 23.2 Å². The van der Waals surface area contributed by atoms with Gasteiger partial charge in [0.15, 0.2) is 5.16 Å². The number of alkyl halides is 2. The van der Waals surface area contributed by atoms with Crippen molar-refractivity contribution in [3.05, 3.63) is 34.7 Å². The molecule has 8 nitrogen and oxygen atoms in total. The molecule has 11 heteroatoms. The van der Waals surface area contributed by atoms with Gasteiger partial charge >= 0.3 is 12.3 Å². The van der Waals surface area contributed by atoms with Gasteiger partial charge in [0.05, 0.1) is 23.6 Å². The molecule has 1 aromatic carbocycles. The summed E-state index contributed by atoms with van der Waals surface area (Å²) >= 11 is 1.09. The number of rotatable bonds is 8. The van der Waals surface area contributed by atoms with Crippen molar-refractivity contribution in [3.8, 4) is 5.75 Å². The second-order valence-corrected chi connectivity index (χ2v) is 7.49. The fourth-order valence-electron chi connectivity index (χ4n) is 2.76. The fraction of sp³-hybridized carbons (Fsp3) is 0.471. The van der Waals surface area contributed by atoms with Gasteiger partial charge in [0.1, 0.15) is 5.75 Å². The van der Waals surface area contributed by atoms with Crippen LogP contribution in [0.4, 0.5) is 14.5 Å². The van der Waals surface area contributed by atoms with Gasteiger partial charge in [-0.1, -0.05) is 23.9 Å². The predicted molar refractivity (Wildman–Crippen MR) is 98.8 cm³/mol. The summed E-state index contributed by atoms with van der Waals surface area (Å²) in [7, 11) is 0. The Hall–Kier alpha value is -2.40. The number of nitrogens with zero attached hydrogens (tertiary/aromatic N) is 2. The van der Waals surface area contributed by atoms with Crippen LogP contribution in [-0.2, 0) is 16.1 Å². The Morgan fingerprint density at radius 3 is 3.00 bits per heavy atom. The summed E-state index contributed by atoms with van der Waals surface area (Å²) in [6.07, 6.45) is 1.74. The first kappa shape index (κ1) is 20.3. The van der Waals surface area contributed by atoms with Crippen LogP contribution in [0.25, 0.3) is 0 Å². The number of hydrogen-bond donors (Lipinski definition) is 2. The van der Waals surface area contributed by atoms with E-state index >= 15 is 0 Å². The van der Waals surface area contributed by atoms with Crippen molar-refractivity contribution in [3.63, 3.8) is 0 Å². The van der Waals surface area contributed by atoms with Gasteiger partial charge in [0.25, 0.3) is 0 Å². The number of thioether (sulfide) groups is 1. The van der Waals surface area contributed by atoms with E-state index in [0.717, 1.165) is 24.6 Å². The first-order valence-corrected chi connectivity index (χ1v) is 9.60. The summed E-state index contributed by atoms with van der Waals surface area (Å²) in [5.41, 5.74) is -0.236. The number of halogens is 2. The van der Waals surface area contributed by atoms with Gasteiger partial charge in [-0.05, 0) is 31.9 Å². The van der Waals surface area contributed by atoms with Crippen molar-refractivity contribution >= 4 is 23.4 Å². The van der Waals surface area contributed by atoms with Crippen molar-refractivity contribution in [1.29, 1.82) is 0 Å². The number of nitrogens with one attached hydrogen (secondary N) is 2.